The number of carbonyl (C=O) groups is 1. The van der Waals surface area contributed by atoms with Gasteiger partial charge in [-0.1, -0.05) is 0 Å². The second-order valence-electron chi connectivity index (χ2n) is 4.29. The van der Waals surface area contributed by atoms with Gasteiger partial charge in [0.15, 0.2) is 0 Å². The van der Waals surface area contributed by atoms with Gasteiger partial charge in [0.25, 0.3) is 0 Å². The van der Waals surface area contributed by atoms with E-state index >= 15 is 0 Å². The highest BCUT2D eigenvalue weighted by atomic mass is 19.1. The molecule has 1 rings (SSSR count). The zero-order chi connectivity index (χ0) is 14.4. The fourth-order valence-electron chi connectivity index (χ4n) is 1.49. The number of benzene rings is 1. The third-order valence-electron chi connectivity index (χ3n) is 2.88. The van der Waals surface area contributed by atoms with Crippen molar-refractivity contribution < 1.29 is 9.18 Å². The first-order valence-electron chi connectivity index (χ1n) is 5.88. The normalized spacial score (nSPS) is 11.9. The second-order valence-corrected chi connectivity index (χ2v) is 4.29. The molecule has 0 saturated heterocycles. The van der Waals surface area contributed by atoms with E-state index in [1.807, 2.05) is 6.07 Å². The van der Waals surface area contributed by atoms with E-state index in [4.69, 9.17) is 11.0 Å². The average molecular weight is 264 g/mol. The number of amides is 1. The van der Waals surface area contributed by atoms with Gasteiger partial charge in [-0.2, -0.15) is 5.26 Å². The van der Waals surface area contributed by atoms with Crippen LogP contribution in [0.5, 0.6) is 0 Å². The molecule has 1 atom stereocenters. The van der Waals surface area contributed by atoms with Gasteiger partial charge in [0, 0.05) is 18.7 Å². The molecule has 5 nitrogen and oxygen atoms in total. The van der Waals surface area contributed by atoms with Crippen molar-refractivity contribution in [3.05, 3.63) is 24.0 Å². The van der Waals surface area contributed by atoms with Crippen molar-refractivity contribution >= 4 is 17.3 Å². The van der Waals surface area contributed by atoms with Crippen LogP contribution in [0.4, 0.5) is 15.8 Å². The number of nitrogens with two attached hydrogens (primary N) is 1. The number of nitrogen functional groups attached to an aromatic ring is 1. The van der Waals surface area contributed by atoms with E-state index in [0.29, 0.717) is 18.7 Å². The van der Waals surface area contributed by atoms with Crippen LogP contribution in [0.25, 0.3) is 0 Å². The molecule has 102 valence electrons. The molecule has 0 aromatic heterocycles. The number of nitriles is 1. The average Bonchev–Trinajstić information content (AvgIpc) is 2.39. The number of carbonyl (C=O) groups excluding carboxylic acids is 1. The molecule has 1 amide bonds. The van der Waals surface area contributed by atoms with E-state index in [2.05, 4.69) is 5.32 Å². The number of anilines is 2. The third kappa shape index (κ3) is 4.23. The summed E-state index contributed by atoms with van der Waals surface area (Å²) in [7, 11) is 1.76. The van der Waals surface area contributed by atoms with Crippen molar-refractivity contribution in [2.24, 2.45) is 0 Å². The Morgan fingerprint density at radius 3 is 2.89 bits per heavy atom. The minimum atomic E-state index is -0.516. The molecule has 0 spiro atoms. The lowest BCUT2D eigenvalue weighted by atomic mass is 10.2. The standard InChI is InChI=1S/C13H17FN4O/c1-9(18(2)7-3-6-15)13(19)17-10-4-5-11(14)12(16)8-10/h4-5,8-9H,3,7,16H2,1-2H3,(H,17,19). The number of rotatable bonds is 5. The van der Waals surface area contributed by atoms with Gasteiger partial charge in [0.1, 0.15) is 5.82 Å². The summed E-state index contributed by atoms with van der Waals surface area (Å²) >= 11 is 0. The molecule has 3 N–H and O–H groups in total. The van der Waals surface area contributed by atoms with Gasteiger partial charge in [0.2, 0.25) is 5.91 Å². The van der Waals surface area contributed by atoms with Crippen molar-refractivity contribution in [3.63, 3.8) is 0 Å². The lowest BCUT2D eigenvalue weighted by Gasteiger charge is -2.22. The quantitative estimate of drug-likeness (QED) is 0.791. The number of hydrogen-bond acceptors (Lipinski definition) is 4. The zero-order valence-corrected chi connectivity index (χ0v) is 11.0. The maximum atomic E-state index is 13.0. The Balaban J connectivity index is 2.63. The Kier molecular flexibility index (Phi) is 5.27. The van der Waals surface area contributed by atoms with Crippen molar-refractivity contribution in [1.29, 1.82) is 5.26 Å². The Morgan fingerprint density at radius 1 is 1.63 bits per heavy atom. The first-order valence-corrected chi connectivity index (χ1v) is 5.88. The Bertz CT molecular complexity index is 498. The largest absolute Gasteiger partial charge is 0.396 e. The van der Waals surface area contributed by atoms with E-state index in [1.165, 1.54) is 18.2 Å². The summed E-state index contributed by atoms with van der Waals surface area (Å²) in [6.45, 7) is 2.25. The first kappa shape index (κ1) is 14.9. The summed E-state index contributed by atoms with van der Waals surface area (Å²) in [6.07, 6.45) is 0.359. The van der Waals surface area contributed by atoms with E-state index < -0.39 is 5.82 Å². The summed E-state index contributed by atoms with van der Waals surface area (Å²) in [5.41, 5.74) is 5.86. The summed E-state index contributed by atoms with van der Waals surface area (Å²) in [6, 6.07) is 5.66. The van der Waals surface area contributed by atoms with Gasteiger partial charge in [-0.05, 0) is 32.2 Å². The maximum Gasteiger partial charge on any atom is 0.241 e. The molecular weight excluding hydrogens is 247 g/mol. The van der Waals surface area contributed by atoms with E-state index in [1.54, 1.807) is 18.9 Å². The number of nitrogens with zero attached hydrogens (tertiary/aromatic N) is 2. The molecule has 0 fully saturated rings. The lowest BCUT2D eigenvalue weighted by molar-refractivity contribution is -0.120. The van der Waals surface area contributed by atoms with Gasteiger partial charge in [-0.25, -0.2) is 4.39 Å². The zero-order valence-electron chi connectivity index (χ0n) is 11.0. The van der Waals surface area contributed by atoms with Crippen LogP contribution >= 0.6 is 0 Å². The topological polar surface area (TPSA) is 82.2 Å². The summed E-state index contributed by atoms with van der Waals surface area (Å²) in [4.78, 5) is 13.7. The third-order valence-corrected chi connectivity index (χ3v) is 2.88. The predicted molar refractivity (Wildman–Crippen MR) is 71.8 cm³/mol. The SMILES string of the molecule is CC(C(=O)Nc1ccc(F)c(N)c1)N(C)CCC#N. The van der Waals surface area contributed by atoms with Crippen LogP contribution in [0.3, 0.4) is 0 Å². The summed E-state index contributed by atoms with van der Waals surface area (Å²) < 4.78 is 13.0. The molecule has 6 heteroatoms. The molecular formula is C13H17FN4O. The van der Waals surface area contributed by atoms with Crippen LogP contribution in [-0.2, 0) is 4.79 Å². The molecule has 19 heavy (non-hydrogen) atoms. The van der Waals surface area contributed by atoms with Gasteiger partial charge < -0.3 is 11.1 Å². The van der Waals surface area contributed by atoms with Crippen molar-refractivity contribution in [1.82, 2.24) is 4.90 Å². The van der Waals surface area contributed by atoms with Crippen LogP contribution in [0.15, 0.2) is 18.2 Å². The van der Waals surface area contributed by atoms with Gasteiger partial charge in [-0.15, -0.1) is 0 Å². The van der Waals surface area contributed by atoms with Gasteiger partial charge >= 0.3 is 0 Å². The molecule has 0 aliphatic carbocycles. The predicted octanol–water partition coefficient (Wildman–Crippen LogP) is 1.58. The van der Waals surface area contributed by atoms with Crippen LogP contribution in [0, 0.1) is 17.1 Å². The molecule has 0 heterocycles. The Labute approximate surface area is 111 Å². The van der Waals surface area contributed by atoms with Crippen molar-refractivity contribution in [2.75, 3.05) is 24.6 Å². The Hall–Kier alpha value is -2.13. The van der Waals surface area contributed by atoms with Gasteiger partial charge in [-0.3, -0.25) is 9.69 Å². The van der Waals surface area contributed by atoms with Crippen LogP contribution in [-0.4, -0.2) is 30.4 Å². The van der Waals surface area contributed by atoms with Gasteiger partial charge in [0.05, 0.1) is 17.8 Å². The highest BCUT2D eigenvalue weighted by Gasteiger charge is 2.17. The summed E-state index contributed by atoms with van der Waals surface area (Å²) in [5.74, 6) is -0.747. The second kappa shape index (κ2) is 6.71. The molecule has 0 aliphatic heterocycles. The van der Waals surface area contributed by atoms with Crippen LogP contribution in [0.2, 0.25) is 0 Å². The number of hydrogen-bond donors (Lipinski definition) is 2. The fourth-order valence-corrected chi connectivity index (χ4v) is 1.49. The monoisotopic (exact) mass is 264 g/mol. The van der Waals surface area contributed by atoms with Crippen LogP contribution < -0.4 is 11.1 Å². The van der Waals surface area contributed by atoms with E-state index in [-0.39, 0.29) is 17.6 Å². The molecule has 1 aromatic rings. The number of likely N-dealkylation sites (N-methyl/N-ethyl adjacent to an activating group) is 1. The summed E-state index contributed by atoms with van der Waals surface area (Å²) in [5, 5.41) is 11.2. The smallest absolute Gasteiger partial charge is 0.241 e. The molecule has 1 aromatic carbocycles. The van der Waals surface area contributed by atoms with Crippen molar-refractivity contribution in [3.8, 4) is 6.07 Å². The molecule has 1 unspecified atom stereocenters. The highest BCUT2D eigenvalue weighted by Crippen LogP contribution is 2.16. The highest BCUT2D eigenvalue weighted by molar-refractivity contribution is 5.94. The fraction of sp³-hybridized carbons (Fsp3) is 0.385. The molecule has 0 bridgehead atoms. The molecule has 0 saturated carbocycles. The van der Waals surface area contributed by atoms with Crippen molar-refractivity contribution in [2.45, 2.75) is 19.4 Å². The number of halogens is 1. The first-order chi connectivity index (χ1) is 8.95. The van der Waals surface area contributed by atoms with Crippen LogP contribution in [0.1, 0.15) is 13.3 Å². The molecule has 0 radical (unpaired) electrons. The minimum absolute atomic E-state index is 0.0108. The molecule has 0 aliphatic rings. The number of nitrogens with one attached hydrogen (secondary N) is 1. The van der Waals surface area contributed by atoms with E-state index in [0.717, 1.165) is 0 Å². The van der Waals surface area contributed by atoms with E-state index in [9.17, 15) is 9.18 Å². The minimum Gasteiger partial charge on any atom is -0.396 e. The lowest BCUT2D eigenvalue weighted by Crippen LogP contribution is -2.40. The Morgan fingerprint density at radius 2 is 2.32 bits per heavy atom. The maximum absolute atomic E-state index is 13.0.